The number of benzene rings is 1. The van der Waals surface area contributed by atoms with Crippen LogP contribution in [0.1, 0.15) is 17.5 Å². The van der Waals surface area contributed by atoms with Gasteiger partial charge in [0.2, 0.25) is 5.82 Å². The lowest BCUT2D eigenvalue weighted by Gasteiger charge is -2.37. The summed E-state index contributed by atoms with van der Waals surface area (Å²) in [6.07, 6.45) is 3.41. The number of anilines is 1. The summed E-state index contributed by atoms with van der Waals surface area (Å²) in [5.41, 5.74) is 2.72. The van der Waals surface area contributed by atoms with Crippen LogP contribution in [0.25, 0.3) is 11.5 Å². The van der Waals surface area contributed by atoms with Crippen molar-refractivity contribution >= 4 is 5.69 Å². The summed E-state index contributed by atoms with van der Waals surface area (Å²) < 4.78 is 44.4. The molecule has 0 aliphatic carbocycles. The van der Waals surface area contributed by atoms with E-state index in [4.69, 9.17) is 14.2 Å². The second-order valence-corrected chi connectivity index (χ2v) is 6.92. The van der Waals surface area contributed by atoms with Crippen molar-refractivity contribution < 1.29 is 23.0 Å². The molecule has 0 amide bonds. The maximum atomic E-state index is 14.3. The van der Waals surface area contributed by atoms with Crippen molar-refractivity contribution in [1.29, 1.82) is 0 Å². The molecule has 162 valence electrons. The number of hydrogen-bond acceptors (Lipinski definition) is 7. The number of rotatable bonds is 7. The molecule has 7 nitrogen and oxygen atoms in total. The second kappa shape index (κ2) is 9.32. The van der Waals surface area contributed by atoms with E-state index in [9.17, 15) is 8.78 Å². The third-order valence-electron chi connectivity index (χ3n) is 5.01. The first kappa shape index (κ1) is 21.1. The average molecular weight is 428 g/mol. The Kier molecular flexibility index (Phi) is 6.34. The molecule has 0 saturated carbocycles. The molecule has 0 spiro atoms. The fourth-order valence-corrected chi connectivity index (χ4v) is 3.54. The molecule has 3 aromatic rings. The number of pyridine rings is 1. The number of ether oxygens (including phenoxy) is 3. The van der Waals surface area contributed by atoms with Gasteiger partial charge in [-0.15, -0.1) is 0 Å². The van der Waals surface area contributed by atoms with E-state index in [0.717, 1.165) is 17.3 Å². The molecule has 1 aliphatic rings. The van der Waals surface area contributed by atoms with Crippen molar-refractivity contribution in [3.05, 3.63) is 65.6 Å². The summed E-state index contributed by atoms with van der Waals surface area (Å²) in [6.45, 7) is 0.864. The highest BCUT2D eigenvalue weighted by molar-refractivity contribution is 5.56. The molecule has 2 aromatic heterocycles. The normalized spacial score (nSPS) is 15.6. The van der Waals surface area contributed by atoms with Gasteiger partial charge in [0.25, 0.3) is 0 Å². The standard InChI is InChI=1S/C22H22F2N4O3/c1-29-9-10-31-19-12-14(11-16(23)20(19)24)28-8-6-17-15(22(28)30-2)13-26-21(27-17)18-5-3-4-7-25-18/h3-5,7,11-13,22H,6,8-10H2,1-2H3. The predicted octanol–water partition coefficient (Wildman–Crippen LogP) is 3.55. The van der Waals surface area contributed by atoms with Crippen LogP contribution >= 0.6 is 0 Å². The molecule has 0 bridgehead atoms. The molecule has 31 heavy (non-hydrogen) atoms. The van der Waals surface area contributed by atoms with Crippen LogP contribution in [0.15, 0.2) is 42.7 Å². The van der Waals surface area contributed by atoms with Gasteiger partial charge in [-0.2, -0.15) is 4.39 Å². The van der Waals surface area contributed by atoms with Crippen molar-refractivity contribution in [2.75, 3.05) is 38.9 Å². The van der Waals surface area contributed by atoms with Crippen LogP contribution in [-0.4, -0.2) is 48.9 Å². The minimum absolute atomic E-state index is 0.108. The molecule has 0 fully saturated rings. The number of hydrogen-bond donors (Lipinski definition) is 0. The fraction of sp³-hybridized carbons (Fsp3) is 0.318. The van der Waals surface area contributed by atoms with Gasteiger partial charge < -0.3 is 19.1 Å². The Labute approximate surface area is 178 Å². The minimum Gasteiger partial charge on any atom is -0.488 e. The fourth-order valence-electron chi connectivity index (χ4n) is 3.54. The summed E-state index contributed by atoms with van der Waals surface area (Å²) in [5.74, 6) is -1.67. The number of methoxy groups -OCH3 is 2. The van der Waals surface area contributed by atoms with Gasteiger partial charge in [0.1, 0.15) is 12.3 Å². The van der Waals surface area contributed by atoms with Crippen LogP contribution in [0, 0.1) is 11.6 Å². The van der Waals surface area contributed by atoms with Crippen molar-refractivity contribution in [2.45, 2.75) is 12.6 Å². The lowest BCUT2D eigenvalue weighted by atomic mass is 10.0. The van der Waals surface area contributed by atoms with Gasteiger partial charge in [0.05, 0.1) is 12.3 Å². The van der Waals surface area contributed by atoms with Crippen molar-refractivity contribution in [2.24, 2.45) is 0 Å². The Balaban J connectivity index is 1.65. The molecule has 0 saturated heterocycles. The third-order valence-corrected chi connectivity index (χ3v) is 5.01. The Bertz CT molecular complexity index is 1050. The number of aromatic nitrogens is 3. The smallest absolute Gasteiger partial charge is 0.200 e. The summed E-state index contributed by atoms with van der Waals surface area (Å²) in [5, 5.41) is 0. The highest BCUT2D eigenvalue weighted by Gasteiger charge is 2.30. The molecule has 4 rings (SSSR count). The molecular formula is C22H22F2N4O3. The first-order chi connectivity index (χ1) is 15.1. The SMILES string of the molecule is COCCOc1cc(N2CCc3nc(-c4ccccn4)ncc3C2OC)cc(F)c1F. The Morgan fingerprint density at radius 3 is 2.74 bits per heavy atom. The van der Waals surface area contributed by atoms with Crippen LogP contribution in [0.2, 0.25) is 0 Å². The molecule has 0 radical (unpaired) electrons. The van der Waals surface area contributed by atoms with E-state index < -0.39 is 17.9 Å². The van der Waals surface area contributed by atoms with Gasteiger partial charge in [-0.25, -0.2) is 14.4 Å². The molecule has 9 heteroatoms. The van der Waals surface area contributed by atoms with Crippen LogP contribution in [0.5, 0.6) is 5.75 Å². The van der Waals surface area contributed by atoms with Crippen molar-refractivity contribution in [3.8, 4) is 17.3 Å². The van der Waals surface area contributed by atoms with E-state index in [2.05, 4.69) is 15.0 Å². The van der Waals surface area contributed by atoms with Crippen molar-refractivity contribution in [3.63, 3.8) is 0 Å². The Morgan fingerprint density at radius 2 is 2.00 bits per heavy atom. The van der Waals surface area contributed by atoms with E-state index in [1.807, 2.05) is 23.1 Å². The Hall–Kier alpha value is -3.17. The first-order valence-electron chi connectivity index (χ1n) is 9.79. The zero-order valence-electron chi connectivity index (χ0n) is 17.2. The van der Waals surface area contributed by atoms with Gasteiger partial charge >= 0.3 is 0 Å². The molecule has 1 atom stereocenters. The number of halogens is 2. The topological polar surface area (TPSA) is 69.6 Å². The zero-order valence-corrected chi connectivity index (χ0v) is 17.2. The molecule has 0 N–H and O–H groups in total. The van der Waals surface area contributed by atoms with Gasteiger partial charge in [-0.05, 0) is 12.1 Å². The van der Waals surface area contributed by atoms with Crippen LogP contribution in [0.4, 0.5) is 14.5 Å². The Morgan fingerprint density at radius 1 is 1.13 bits per heavy atom. The van der Waals surface area contributed by atoms with Gasteiger partial charge in [0.15, 0.2) is 23.6 Å². The minimum atomic E-state index is -1.03. The highest BCUT2D eigenvalue weighted by atomic mass is 19.2. The maximum Gasteiger partial charge on any atom is 0.200 e. The lowest BCUT2D eigenvalue weighted by Crippen LogP contribution is -2.37. The number of nitrogens with zero attached hydrogens (tertiary/aromatic N) is 4. The van der Waals surface area contributed by atoms with Crippen LogP contribution in [-0.2, 0) is 15.9 Å². The largest absolute Gasteiger partial charge is 0.488 e. The van der Waals surface area contributed by atoms with E-state index in [1.165, 1.54) is 13.2 Å². The molecule has 3 heterocycles. The van der Waals surface area contributed by atoms with Crippen LogP contribution < -0.4 is 9.64 Å². The zero-order chi connectivity index (χ0) is 21.8. The third kappa shape index (κ3) is 4.33. The monoisotopic (exact) mass is 428 g/mol. The quantitative estimate of drug-likeness (QED) is 0.533. The average Bonchev–Trinajstić information content (AvgIpc) is 2.81. The first-order valence-corrected chi connectivity index (χ1v) is 9.79. The molecule has 1 unspecified atom stereocenters. The van der Waals surface area contributed by atoms with Gasteiger partial charge in [0, 0.05) is 63.0 Å². The van der Waals surface area contributed by atoms with E-state index in [-0.39, 0.29) is 19.0 Å². The summed E-state index contributed by atoms with van der Waals surface area (Å²) >= 11 is 0. The van der Waals surface area contributed by atoms with Gasteiger partial charge in [-0.1, -0.05) is 6.07 Å². The summed E-state index contributed by atoms with van der Waals surface area (Å²) in [7, 11) is 3.06. The van der Waals surface area contributed by atoms with E-state index in [1.54, 1.807) is 19.5 Å². The number of fused-ring (bicyclic) bond motifs is 1. The lowest BCUT2D eigenvalue weighted by molar-refractivity contribution is 0.0931. The predicted molar refractivity (Wildman–Crippen MR) is 110 cm³/mol. The molecule has 1 aliphatic heterocycles. The molecule has 1 aromatic carbocycles. The summed E-state index contributed by atoms with van der Waals surface area (Å²) in [4.78, 5) is 15.2. The molecular weight excluding hydrogens is 406 g/mol. The van der Waals surface area contributed by atoms with E-state index in [0.29, 0.717) is 30.2 Å². The summed E-state index contributed by atoms with van der Waals surface area (Å²) in [6, 6.07) is 8.15. The maximum absolute atomic E-state index is 14.3. The van der Waals surface area contributed by atoms with Gasteiger partial charge in [-0.3, -0.25) is 4.98 Å². The van der Waals surface area contributed by atoms with E-state index >= 15 is 0 Å². The van der Waals surface area contributed by atoms with Crippen LogP contribution in [0.3, 0.4) is 0 Å². The second-order valence-electron chi connectivity index (χ2n) is 6.92. The van der Waals surface area contributed by atoms with Crippen molar-refractivity contribution in [1.82, 2.24) is 15.0 Å². The highest BCUT2D eigenvalue weighted by Crippen LogP contribution is 2.36.